The van der Waals surface area contributed by atoms with Crippen LogP contribution in [0, 0.1) is 0 Å². The highest BCUT2D eigenvalue weighted by Gasteiger charge is 2.01. The molecule has 0 heterocycles. The van der Waals surface area contributed by atoms with Crippen LogP contribution in [0.3, 0.4) is 0 Å². The van der Waals surface area contributed by atoms with Crippen LogP contribution >= 0.6 is 23.5 Å². The number of carbonyl (C=O) groups is 2. The quantitative estimate of drug-likeness (QED) is 0.299. The number of methoxy groups -OCH3 is 1. The Morgan fingerprint density at radius 2 is 1.38 bits per heavy atom. The van der Waals surface area contributed by atoms with Gasteiger partial charge in [0.1, 0.15) is 13.2 Å². The van der Waals surface area contributed by atoms with Crippen LogP contribution in [0.5, 0.6) is 0 Å². The van der Waals surface area contributed by atoms with Gasteiger partial charge in [0.2, 0.25) is 0 Å². The summed E-state index contributed by atoms with van der Waals surface area (Å²) >= 11 is 3.11. The van der Waals surface area contributed by atoms with Gasteiger partial charge in [-0.25, -0.2) is 9.59 Å². The van der Waals surface area contributed by atoms with Crippen molar-refractivity contribution in [2.24, 2.45) is 0 Å². The Labute approximate surface area is 133 Å². The number of thioether (sulfide) groups is 2. The standard InChI is InChI=1S/C13H22O6S2/c1-17-5-9-21-11-7-19-13(16)3-2-12(15)18-6-10-20-8-4-14/h2-3,14H,4-11H2,1H3/b3-2-. The second-order valence-electron chi connectivity index (χ2n) is 3.61. The summed E-state index contributed by atoms with van der Waals surface area (Å²) in [5, 5.41) is 8.55. The lowest BCUT2D eigenvalue weighted by molar-refractivity contribution is -0.139. The minimum atomic E-state index is -0.578. The van der Waals surface area contributed by atoms with Crippen molar-refractivity contribution in [3.8, 4) is 0 Å². The molecular weight excluding hydrogens is 316 g/mol. The van der Waals surface area contributed by atoms with Crippen LogP contribution in [0.2, 0.25) is 0 Å². The Bertz CT molecular complexity index is 309. The van der Waals surface area contributed by atoms with E-state index in [9.17, 15) is 9.59 Å². The van der Waals surface area contributed by atoms with Crippen LogP contribution in [0.4, 0.5) is 0 Å². The number of ether oxygens (including phenoxy) is 3. The molecule has 122 valence electrons. The third-order valence-electron chi connectivity index (χ3n) is 1.97. The highest BCUT2D eigenvalue weighted by atomic mass is 32.2. The van der Waals surface area contributed by atoms with Gasteiger partial charge < -0.3 is 19.3 Å². The van der Waals surface area contributed by atoms with Crippen molar-refractivity contribution in [1.82, 2.24) is 0 Å². The zero-order chi connectivity index (χ0) is 15.8. The first-order valence-electron chi connectivity index (χ1n) is 6.47. The van der Waals surface area contributed by atoms with Crippen LogP contribution in [0.15, 0.2) is 12.2 Å². The van der Waals surface area contributed by atoms with Crippen molar-refractivity contribution in [2.75, 3.05) is 56.5 Å². The van der Waals surface area contributed by atoms with E-state index in [1.807, 2.05) is 0 Å². The fraction of sp³-hybridized carbons (Fsp3) is 0.692. The van der Waals surface area contributed by atoms with Gasteiger partial charge in [0, 0.05) is 42.3 Å². The average Bonchev–Trinajstić information content (AvgIpc) is 2.48. The lowest BCUT2D eigenvalue weighted by atomic mass is 10.5. The maximum atomic E-state index is 11.3. The van der Waals surface area contributed by atoms with Crippen molar-refractivity contribution in [2.45, 2.75) is 0 Å². The van der Waals surface area contributed by atoms with Crippen LogP contribution in [-0.4, -0.2) is 73.6 Å². The van der Waals surface area contributed by atoms with E-state index in [2.05, 4.69) is 0 Å². The summed E-state index contributed by atoms with van der Waals surface area (Å²) in [5.74, 6) is 1.63. The van der Waals surface area contributed by atoms with E-state index >= 15 is 0 Å². The van der Waals surface area contributed by atoms with Gasteiger partial charge in [-0.1, -0.05) is 0 Å². The predicted octanol–water partition coefficient (Wildman–Crippen LogP) is 0.734. The lowest BCUT2D eigenvalue weighted by Gasteiger charge is -2.02. The van der Waals surface area contributed by atoms with Gasteiger partial charge in [0.05, 0.1) is 13.2 Å². The largest absolute Gasteiger partial charge is 0.462 e. The number of aliphatic hydroxyl groups excluding tert-OH is 1. The van der Waals surface area contributed by atoms with Gasteiger partial charge in [-0.2, -0.15) is 23.5 Å². The summed E-state index contributed by atoms with van der Waals surface area (Å²) in [6, 6.07) is 0. The van der Waals surface area contributed by atoms with E-state index in [0.29, 0.717) is 30.5 Å². The number of rotatable bonds is 13. The topological polar surface area (TPSA) is 82.1 Å². The fourth-order valence-corrected chi connectivity index (χ4v) is 2.27. The highest BCUT2D eigenvalue weighted by Crippen LogP contribution is 2.00. The SMILES string of the molecule is COCCSCCOC(=O)/C=C\C(=O)OCCSCCO. The second kappa shape index (κ2) is 15.7. The molecule has 0 aromatic rings. The van der Waals surface area contributed by atoms with Crippen LogP contribution in [0.25, 0.3) is 0 Å². The number of hydrogen-bond donors (Lipinski definition) is 1. The Hall–Kier alpha value is -0.700. The third-order valence-corrected chi connectivity index (χ3v) is 3.80. The van der Waals surface area contributed by atoms with Crippen LogP contribution in [-0.2, 0) is 23.8 Å². The molecule has 0 fully saturated rings. The smallest absolute Gasteiger partial charge is 0.331 e. The van der Waals surface area contributed by atoms with Gasteiger partial charge in [-0.15, -0.1) is 0 Å². The molecular formula is C13H22O6S2. The molecule has 21 heavy (non-hydrogen) atoms. The first-order chi connectivity index (χ1) is 10.2. The predicted molar refractivity (Wildman–Crippen MR) is 84.7 cm³/mol. The maximum absolute atomic E-state index is 11.3. The summed E-state index contributed by atoms with van der Waals surface area (Å²) in [6.07, 6.45) is 2.11. The highest BCUT2D eigenvalue weighted by molar-refractivity contribution is 7.99. The van der Waals surface area contributed by atoms with Gasteiger partial charge in [0.15, 0.2) is 0 Å². The Morgan fingerprint density at radius 3 is 1.86 bits per heavy atom. The number of aliphatic hydroxyl groups is 1. The van der Waals surface area contributed by atoms with E-state index in [0.717, 1.165) is 17.9 Å². The minimum absolute atomic E-state index is 0.105. The van der Waals surface area contributed by atoms with Gasteiger partial charge in [-0.3, -0.25) is 0 Å². The van der Waals surface area contributed by atoms with Crippen molar-refractivity contribution < 1.29 is 28.9 Å². The van der Waals surface area contributed by atoms with Crippen molar-refractivity contribution >= 4 is 35.5 Å². The van der Waals surface area contributed by atoms with E-state index in [1.165, 1.54) is 11.8 Å². The number of hydrogen-bond acceptors (Lipinski definition) is 8. The normalized spacial score (nSPS) is 10.8. The van der Waals surface area contributed by atoms with Gasteiger partial charge >= 0.3 is 11.9 Å². The molecule has 0 aromatic heterocycles. The van der Waals surface area contributed by atoms with Crippen molar-refractivity contribution in [3.05, 3.63) is 12.2 Å². The Kier molecular flexibility index (Phi) is 15.2. The number of esters is 2. The maximum Gasteiger partial charge on any atom is 0.331 e. The first-order valence-corrected chi connectivity index (χ1v) is 8.78. The molecule has 0 rings (SSSR count). The summed E-state index contributed by atoms with van der Waals surface area (Å²) in [5.41, 5.74) is 0. The molecule has 0 aliphatic rings. The third kappa shape index (κ3) is 15.5. The molecule has 0 atom stereocenters. The molecule has 0 saturated carbocycles. The molecule has 0 unspecified atom stereocenters. The van der Waals surface area contributed by atoms with Crippen LogP contribution < -0.4 is 0 Å². The average molecular weight is 338 g/mol. The number of carbonyl (C=O) groups excluding carboxylic acids is 2. The molecule has 0 saturated heterocycles. The summed E-state index contributed by atoms with van der Waals surface area (Å²) in [7, 11) is 1.63. The van der Waals surface area contributed by atoms with E-state index < -0.39 is 11.9 Å². The zero-order valence-corrected chi connectivity index (χ0v) is 13.7. The molecule has 0 bridgehead atoms. The van der Waals surface area contributed by atoms with E-state index in [-0.39, 0.29) is 13.2 Å². The first kappa shape index (κ1) is 20.3. The summed E-state index contributed by atoms with van der Waals surface area (Å²) in [6.45, 7) is 1.32. The molecule has 0 aliphatic carbocycles. The van der Waals surface area contributed by atoms with Gasteiger partial charge in [-0.05, 0) is 0 Å². The zero-order valence-electron chi connectivity index (χ0n) is 12.1. The fourth-order valence-electron chi connectivity index (χ4n) is 1.05. The summed E-state index contributed by atoms with van der Waals surface area (Å²) in [4.78, 5) is 22.5. The van der Waals surface area contributed by atoms with Gasteiger partial charge in [0.25, 0.3) is 0 Å². The van der Waals surface area contributed by atoms with Crippen molar-refractivity contribution in [3.63, 3.8) is 0 Å². The lowest BCUT2D eigenvalue weighted by Crippen LogP contribution is -2.08. The molecule has 8 heteroatoms. The molecule has 6 nitrogen and oxygen atoms in total. The Balaban J connectivity index is 3.52. The van der Waals surface area contributed by atoms with Crippen LogP contribution in [0.1, 0.15) is 0 Å². The van der Waals surface area contributed by atoms with Crippen molar-refractivity contribution in [1.29, 1.82) is 0 Å². The molecule has 0 amide bonds. The Morgan fingerprint density at radius 1 is 0.905 bits per heavy atom. The molecule has 0 spiro atoms. The molecule has 0 aromatic carbocycles. The summed E-state index contributed by atoms with van der Waals surface area (Å²) < 4.78 is 14.6. The monoisotopic (exact) mass is 338 g/mol. The molecule has 1 N–H and O–H groups in total. The minimum Gasteiger partial charge on any atom is -0.462 e. The molecule has 0 aliphatic heterocycles. The van der Waals surface area contributed by atoms with E-state index in [4.69, 9.17) is 19.3 Å². The van der Waals surface area contributed by atoms with E-state index in [1.54, 1.807) is 18.9 Å². The molecule has 0 radical (unpaired) electrons. The second-order valence-corrected chi connectivity index (χ2v) is 6.06.